The van der Waals surface area contributed by atoms with Gasteiger partial charge in [0.1, 0.15) is 0 Å². The van der Waals surface area contributed by atoms with Gasteiger partial charge in [0.05, 0.1) is 0 Å². The third-order valence-corrected chi connectivity index (χ3v) is 4.25. The monoisotopic (exact) mass is 246 g/mol. The van der Waals surface area contributed by atoms with Crippen LogP contribution >= 0.6 is 0 Å². The Morgan fingerprint density at radius 2 is 2.11 bits per heavy atom. The largest absolute Gasteiger partial charge is 0.366 e. The summed E-state index contributed by atoms with van der Waals surface area (Å²) >= 11 is 0. The summed E-state index contributed by atoms with van der Waals surface area (Å²) in [6.07, 6.45) is 3.92. The van der Waals surface area contributed by atoms with Crippen molar-refractivity contribution < 1.29 is 0 Å². The number of anilines is 1. The summed E-state index contributed by atoms with van der Waals surface area (Å²) in [5.41, 5.74) is 4.21. The minimum absolute atomic E-state index is 0.685. The Hall–Kier alpha value is -1.02. The molecule has 100 valence electrons. The normalized spacial score (nSPS) is 23.7. The second-order valence-electron chi connectivity index (χ2n) is 5.54. The molecule has 0 bridgehead atoms. The van der Waals surface area contributed by atoms with E-state index in [4.69, 9.17) is 0 Å². The van der Waals surface area contributed by atoms with E-state index in [0.29, 0.717) is 6.04 Å². The first kappa shape index (κ1) is 13.4. The number of benzene rings is 1. The Morgan fingerprint density at radius 3 is 2.72 bits per heavy atom. The van der Waals surface area contributed by atoms with Gasteiger partial charge in [0.15, 0.2) is 0 Å². The van der Waals surface area contributed by atoms with Crippen LogP contribution < -0.4 is 10.2 Å². The van der Waals surface area contributed by atoms with Crippen molar-refractivity contribution in [3.8, 4) is 0 Å². The fourth-order valence-electron chi connectivity index (χ4n) is 3.17. The first-order chi connectivity index (χ1) is 8.67. The average molecular weight is 246 g/mol. The maximum Gasteiger partial charge on any atom is 0.0373 e. The molecule has 1 aromatic carbocycles. The molecule has 1 aliphatic rings. The molecule has 0 aliphatic carbocycles. The minimum Gasteiger partial charge on any atom is -0.366 e. The predicted octanol–water partition coefficient (Wildman–Crippen LogP) is 3.48. The van der Waals surface area contributed by atoms with Crippen LogP contribution in [0.15, 0.2) is 18.2 Å². The van der Waals surface area contributed by atoms with E-state index in [1.165, 1.54) is 36.1 Å². The van der Waals surface area contributed by atoms with Gasteiger partial charge in [0.25, 0.3) is 0 Å². The van der Waals surface area contributed by atoms with Crippen LogP contribution in [0.4, 0.5) is 5.69 Å². The lowest BCUT2D eigenvalue weighted by molar-refractivity contribution is 0.627. The van der Waals surface area contributed by atoms with E-state index in [1.54, 1.807) is 0 Å². The molecular weight excluding hydrogens is 220 g/mol. The molecule has 1 fully saturated rings. The Balaban J connectivity index is 2.25. The molecule has 2 atom stereocenters. The van der Waals surface area contributed by atoms with Gasteiger partial charge in [0.2, 0.25) is 0 Å². The number of nitrogens with zero attached hydrogens (tertiary/aromatic N) is 1. The van der Waals surface area contributed by atoms with Gasteiger partial charge in [-0.3, -0.25) is 0 Å². The molecule has 1 aromatic rings. The molecule has 1 saturated heterocycles. The van der Waals surface area contributed by atoms with Crippen molar-refractivity contribution in [1.29, 1.82) is 0 Å². The van der Waals surface area contributed by atoms with Crippen LogP contribution in [0.5, 0.6) is 0 Å². The molecule has 0 amide bonds. The molecular formula is C16H26N2. The molecule has 2 nitrogen and oxygen atoms in total. The Bertz CT molecular complexity index is 400. The van der Waals surface area contributed by atoms with Gasteiger partial charge < -0.3 is 10.2 Å². The van der Waals surface area contributed by atoms with Gasteiger partial charge in [-0.2, -0.15) is 0 Å². The number of rotatable bonds is 4. The van der Waals surface area contributed by atoms with Crippen LogP contribution in [0.2, 0.25) is 0 Å². The molecule has 1 aliphatic heterocycles. The quantitative estimate of drug-likeness (QED) is 0.875. The highest BCUT2D eigenvalue weighted by atomic mass is 15.2. The second kappa shape index (κ2) is 5.75. The lowest BCUT2D eigenvalue weighted by Crippen LogP contribution is -2.34. The van der Waals surface area contributed by atoms with Crippen LogP contribution in [0.1, 0.15) is 44.2 Å². The van der Waals surface area contributed by atoms with E-state index in [-0.39, 0.29) is 0 Å². The highest BCUT2D eigenvalue weighted by Crippen LogP contribution is 2.32. The summed E-state index contributed by atoms with van der Waals surface area (Å²) in [6, 6.07) is 8.35. The van der Waals surface area contributed by atoms with Crippen LogP contribution in [-0.2, 0) is 6.54 Å². The molecule has 0 aromatic heterocycles. The molecule has 0 radical (unpaired) electrons. The van der Waals surface area contributed by atoms with Crippen molar-refractivity contribution in [3.05, 3.63) is 29.3 Å². The van der Waals surface area contributed by atoms with E-state index < -0.39 is 0 Å². The smallest absolute Gasteiger partial charge is 0.0373 e. The summed E-state index contributed by atoms with van der Waals surface area (Å²) in [7, 11) is 2.00. The summed E-state index contributed by atoms with van der Waals surface area (Å²) < 4.78 is 0. The lowest BCUT2D eigenvalue weighted by Gasteiger charge is -2.31. The standard InChI is InChI=1S/C16H26N2/c1-5-15-8-6-13(3)18(15)16-9-7-14(11-17-4)12(2)10-16/h7,9-10,13,15,17H,5-6,8,11H2,1-4H3. The van der Waals surface area contributed by atoms with Crippen LogP contribution in [0.25, 0.3) is 0 Å². The van der Waals surface area contributed by atoms with E-state index >= 15 is 0 Å². The molecule has 18 heavy (non-hydrogen) atoms. The summed E-state index contributed by atoms with van der Waals surface area (Å²) in [6.45, 7) is 7.83. The van der Waals surface area contributed by atoms with Gasteiger partial charge in [-0.1, -0.05) is 13.0 Å². The molecule has 2 heteroatoms. The average Bonchev–Trinajstić information content (AvgIpc) is 2.73. The van der Waals surface area contributed by atoms with E-state index in [2.05, 4.69) is 49.2 Å². The zero-order valence-electron chi connectivity index (χ0n) is 12.2. The van der Waals surface area contributed by atoms with Gasteiger partial charge in [-0.05, 0) is 63.4 Å². The SMILES string of the molecule is CCC1CCC(C)N1c1ccc(CNC)c(C)c1. The van der Waals surface area contributed by atoms with E-state index in [9.17, 15) is 0 Å². The zero-order chi connectivity index (χ0) is 13.1. The fourth-order valence-corrected chi connectivity index (χ4v) is 3.17. The van der Waals surface area contributed by atoms with Crippen molar-refractivity contribution in [2.75, 3.05) is 11.9 Å². The molecule has 0 saturated carbocycles. The maximum atomic E-state index is 3.23. The molecule has 1 heterocycles. The Kier molecular flexibility index (Phi) is 4.28. The molecule has 1 N–H and O–H groups in total. The number of hydrogen-bond acceptors (Lipinski definition) is 2. The van der Waals surface area contributed by atoms with Gasteiger partial charge in [0, 0.05) is 24.3 Å². The van der Waals surface area contributed by atoms with Gasteiger partial charge in [-0.15, -0.1) is 0 Å². The topological polar surface area (TPSA) is 15.3 Å². The second-order valence-corrected chi connectivity index (χ2v) is 5.54. The zero-order valence-corrected chi connectivity index (χ0v) is 12.2. The molecule has 2 unspecified atom stereocenters. The first-order valence-electron chi connectivity index (χ1n) is 7.19. The van der Waals surface area contributed by atoms with Crippen molar-refractivity contribution in [3.63, 3.8) is 0 Å². The van der Waals surface area contributed by atoms with Gasteiger partial charge >= 0.3 is 0 Å². The Labute approximate surface area is 111 Å². The lowest BCUT2D eigenvalue weighted by atomic mass is 10.1. The Morgan fingerprint density at radius 1 is 1.33 bits per heavy atom. The fraction of sp³-hybridized carbons (Fsp3) is 0.625. The highest BCUT2D eigenvalue weighted by molar-refractivity contribution is 5.53. The van der Waals surface area contributed by atoms with E-state index in [1.807, 2.05) is 7.05 Å². The summed E-state index contributed by atoms with van der Waals surface area (Å²) in [5.74, 6) is 0. The summed E-state index contributed by atoms with van der Waals surface area (Å²) in [4.78, 5) is 2.62. The molecule has 2 rings (SSSR count). The first-order valence-corrected chi connectivity index (χ1v) is 7.19. The van der Waals surface area contributed by atoms with Crippen molar-refractivity contribution in [2.45, 2.75) is 58.7 Å². The van der Waals surface area contributed by atoms with Crippen molar-refractivity contribution in [1.82, 2.24) is 5.32 Å². The van der Waals surface area contributed by atoms with Crippen molar-refractivity contribution in [2.24, 2.45) is 0 Å². The predicted molar refractivity (Wildman–Crippen MR) is 79.2 cm³/mol. The third kappa shape index (κ3) is 2.54. The van der Waals surface area contributed by atoms with E-state index in [0.717, 1.165) is 12.6 Å². The highest BCUT2D eigenvalue weighted by Gasteiger charge is 2.29. The minimum atomic E-state index is 0.685. The van der Waals surface area contributed by atoms with Gasteiger partial charge in [-0.25, -0.2) is 0 Å². The maximum absolute atomic E-state index is 3.23. The van der Waals surface area contributed by atoms with Crippen LogP contribution in [-0.4, -0.2) is 19.1 Å². The number of aryl methyl sites for hydroxylation is 1. The number of hydrogen-bond donors (Lipinski definition) is 1. The summed E-state index contributed by atoms with van der Waals surface area (Å²) in [5, 5.41) is 3.23. The third-order valence-electron chi connectivity index (χ3n) is 4.25. The molecule has 0 spiro atoms. The van der Waals surface area contributed by atoms with Crippen molar-refractivity contribution >= 4 is 5.69 Å². The van der Waals surface area contributed by atoms with Crippen LogP contribution in [0, 0.1) is 6.92 Å². The van der Waals surface area contributed by atoms with Crippen LogP contribution in [0.3, 0.4) is 0 Å². The number of nitrogens with one attached hydrogen (secondary N) is 1.